The zero-order valence-corrected chi connectivity index (χ0v) is 17.1. The maximum Gasteiger partial charge on any atom is 0.173 e. The van der Waals surface area contributed by atoms with Gasteiger partial charge in [-0.25, -0.2) is 9.97 Å². The topological polar surface area (TPSA) is 103 Å². The van der Waals surface area contributed by atoms with E-state index in [0.29, 0.717) is 27.5 Å². The highest BCUT2D eigenvalue weighted by molar-refractivity contribution is 6.33. The number of hydrogen-bond acceptors (Lipinski definition) is 7. The first kappa shape index (κ1) is 19.6. The van der Waals surface area contributed by atoms with E-state index in [0.717, 1.165) is 49.2 Å². The Kier molecular flexibility index (Phi) is 5.62. The molecule has 0 aliphatic carbocycles. The summed E-state index contributed by atoms with van der Waals surface area (Å²) in [7, 11) is 0. The molecule has 3 heterocycles. The van der Waals surface area contributed by atoms with Crippen LogP contribution in [0.3, 0.4) is 0 Å². The molecule has 2 aliphatic rings. The van der Waals surface area contributed by atoms with Gasteiger partial charge >= 0.3 is 0 Å². The van der Waals surface area contributed by atoms with Gasteiger partial charge in [-0.05, 0) is 19.1 Å². The molecule has 5 N–H and O–H groups in total. The fraction of sp³-hybridized carbons (Fsp3) is 0.286. The number of halogens is 1. The Morgan fingerprint density at radius 1 is 1.24 bits per heavy atom. The first-order valence-electron chi connectivity index (χ1n) is 9.61. The van der Waals surface area contributed by atoms with E-state index in [2.05, 4.69) is 20.5 Å². The van der Waals surface area contributed by atoms with Crippen molar-refractivity contribution >= 4 is 29.6 Å². The Balaban J connectivity index is 1.89. The van der Waals surface area contributed by atoms with Crippen LogP contribution in [-0.2, 0) is 0 Å². The predicted molar refractivity (Wildman–Crippen MR) is 116 cm³/mol. The lowest BCUT2D eigenvalue weighted by molar-refractivity contribution is 0.258. The van der Waals surface area contributed by atoms with Gasteiger partial charge in [-0.3, -0.25) is 10.3 Å². The Bertz CT molecular complexity index is 1150. The summed E-state index contributed by atoms with van der Waals surface area (Å²) in [6.07, 6.45) is 3.90. The Morgan fingerprint density at radius 3 is 2.72 bits per heavy atom. The van der Waals surface area contributed by atoms with Gasteiger partial charge in [0.25, 0.3) is 0 Å². The summed E-state index contributed by atoms with van der Waals surface area (Å²) in [6.45, 7) is 6.52. The Hall–Kier alpha value is -2.74. The van der Waals surface area contributed by atoms with Crippen LogP contribution in [0.2, 0.25) is 5.02 Å². The molecule has 8 heteroatoms. The molecule has 2 aromatic rings. The summed E-state index contributed by atoms with van der Waals surface area (Å²) in [6, 6.07) is 7.54. The second-order valence-corrected chi connectivity index (χ2v) is 7.62. The van der Waals surface area contributed by atoms with E-state index in [9.17, 15) is 0 Å². The molecule has 0 spiro atoms. The smallest absolute Gasteiger partial charge is 0.173 e. The van der Waals surface area contributed by atoms with Gasteiger partial charge < -0.3 is 16.4 Å². The molecule has 1 aromatic carbocycles. The maximum absolute atomic E-state index is 8.40. The fourth-order valence-electron chi connectivity index (χ4n) is 3.54. The quantitative estimate of drug-likeness (QED) is 0.567. The van der Waals surface area contributed by atoms with Crippen LogP contribution >= 0.6 is 11.6 Å². The molecule has 0 saturated carbocycles. The molecule has 29 heavy (non-hydrogen) atoms. The standard InChI is InChI=1S/C21H24ClN7/c1-13(23)19-21(24)27-18-10-14(12-29-8-6-25-7-9-29)26-11-16(18)20(28-19)15-4-2-3-5-17(15)22/h2-5,10-11,24-26H,6-9,12,23H2,1H3/b19-13+,24-21?. The minimum atomic E-state index is 0.0487. The largest absolute Gasteiger partial charge is 0.400 e. The third-order valence-corrected chi connectivity index (χ3v) is 5.36. The van der Waals surface area contributed by atoms with E-state index in [4.69, 9.17) is 27.7 Å². The van der Waals surface area contributed by atoms with Crippen molar-refractivity contribution in [1.29, 1.82) is 5.41 Å². The first-order valence-corrected chi connectivity index (χ1v) is 9.99. The molecule has 0 amide bonds. The number of piperazine rings is 1. The van der Waals surface area contributed by atoms with Crippen LogP contribution in [0.4, 0.5) is 0 Å². The molecule has 150 valence electrons. The summed E-state index contributed by atoms with van der Waals surface area (Å²) >= 11 is 6.47. The van der Waals surface area contributed by atoms with Crippen molar-refractivity contribution in [3.8, 4) is 11.3 Å². The molecule has 0 unspecified atom stereocenters. The van der Waals surface area contributed by atoms with E-state index >= 15 is 0 Å². The molecule has 0 radical (unpaired) electrons. The molecule has 0 atom stereocenters. The SMILES string of the molecule is C/C(N)=c1\nc(-c2ccccc2Cl)c2c(nc1=N)C=C(CN1CCNCC1)NC=2. The lowest BCUT2D eigenvalue weighted by Gasteiger charge is -2.28. The zero-order valence-electron chi connectivity index (χ0n) is 16.3. The average molecular weight is 410 g/mol. The van der Waals surface area contributed by atoms with E-state index < -0.39 is 0 Å². The number of rotatable bonds is 3. The van der Waals surface area contributed by atoms with Gasteiger partial charge in [0.1, 0.15) is 5.35 Å². The fourth-order valence-corrected chi connectivity index (χ4v) is 3.76. The van der Waals surface area contributed by atoms with E-state index in [1.165, 1.54) is 0 Å². The highest BCUT2D eigenvalue weighted by Crippen LogP contribution is 2.23. The number of aromatic nitrogens is 2. The van der Waals surface area contributed by atoms with Crippen molar-refractivity contribution in [3.05, 3.63) is 56.7 Å². The first-order chi connectivity index (χ1) is 14.0. The maximum atomic E-state index is 8.40. The van der Waals surface area contributed by atoms with Gasteiger partial charge in [0, 0.05) is 66.1 Å². The minimum absolute atomic E-state index is 0.0487. The van der Waals surface area contributed by atoms with Crippen LogP contribution in [0, 0.1) is 5.41 Å². The summed E-state index contributed by atoms with van der Waals surface area (Å²) in [4.78, 5) is 11.6. The molecule has 4 rings (SSSR count). The molecule has 1 fully saturated rings. The van der Waals surface area contributed by atoms with Crippen molar-refractivity contribution in [2.24, 2.45) is 5.73 Å². The van der Waals surface area contributed by atoms with Crippen LogP contribution in [0.1, 0.15) is 12.6 Å². The molecule has 7 nitrogen and oxygen atoms in total. The lowest BCUT2D eigenvalue weighted by Crippen LogP contribution is -2.45. The minimum Gasteiger partial charge on any atom is -0.400 e. The summed E-state index contributed by atoms with van der Waals surface area (Å²) in [5.41, 5.74) is 9.67. The summed E-state index contributed by atoms with van der Waals surface area (Å²) in [5.74, 6) is 0. The van der Waals surface area contributed by atoms with Gasteiger partial charge in [0.2, 0.25) is 0 Å². The van der Waals surface area contributed by atoms with E-state index in [-0.39, 0.29) is 5.49 Å². The lowest BCUT2D eigenvalue weighted by atomic mass is 10.1. The van der Waals surface area contributed by atoms with Crippen molar-refractivity contribution in [2.75, 3.05) is 32.7 Å². The Morgan fingerprint density at radius 2 is 2.00 bits per heavy atom. The second kappa shape index (κ2) is 8.32. The molecule has 0 bridgehead atoms. The van der Waals surface area contributed by atoms with Crippen LogP contribution in [0.5, 0.6) is 0 Å². The van der Waals surface area contributed by atoms with E-state index in [1.807, 2.05) is 36.5 Å². The van der Waals surface area contributed by atoms with Crippen molar-refractivity contribution in [1.82, 2.24) is 25.5 Å². The van der Waals surface area contributed by atoms with Gasteiger partial charge in [0.05, 0.1) is 11.4 Å². The normalized spacial score (nSPS) is 17.5. The van der Waals surface area contributed by atoms with Crippen molar-refractivity contribution < 1.29 is 0 Å². The molecule has 2 aliphatic heterocycles. The number of nitrogens with zero attached hydrogens (tertiary/aromatic N) is 3. The van der Waals surface area contributed by atoms with Crippen molar-refractivity contribution in [2.45, 2.75) is 6.92 Å². The highest BCUT2D eigenvalue weighted by Gasteiger charge is 2.16. The molecular weight excluding hydrogens is 386 g/mol. The van der Waals surface area contributed by atoms with Gasteiger partial charge in [-0.15, -0.1) is 0 Å². The van der Waals surface area contributed by atoms with E-state index in [1.54, 1.807) is 6.92 Å². The van der Waals surface area contributed by atoms with Gasteiger partial charge in [-0.2, -0.15) is 0 Å². The number of nitrogens with one attached hydrogen (secondary N) is 3. The molecule has 1 saturated heterocycles. The molecule has 1 aromatic heterocycles. The number of hydrogen-bond donors (Lipinski definition) is 4. The van der Waals surface area contributed by atoms with Gasteiger partial charge in [0.15, 0.2) is 5.49 Å². The second-order valence-electron chi connectivity index (χ2n) is 7.22. The number of benzene rings is 1. The number of nitrogens with two attached hydrogens (primary N) is 1. The highest BCUT2D eigenvalue weighted by atomic mass is 35.5. The predicted octanol–water partition coefficient (Wildman–Crippen LogP) is -0.0494. The van der Waals surface area contributed by atoms with Crippen LogP contribution in [0.25, 0.3) is 29.2 Å². The zero-order chi connectivity index (χ0) is 20.4. The van der Waals surface area contributed by atoms with Crippen LogP contribution < -0.4 is 32.4 Å². The van der Waals surface area contributed by atoms with Crippen molar-refractivity contribution in [3.63, 3.8) is 0 Å². The summed E-state index contributed by atoms with van der Waals surface area (Å²) < 4.78 is 0. The monoisotopic (exact) mass is 409 g/mol. The molecular formula is C21H24ClN7. The van der Waals surface area contributed by atoms with Crippen LogP contribution in [0.15, 0.2) is 30.0 Å². The Labute approximate surface area is 174 Å². The average Bonchev–Trinajstić information content (AvgIpc) is 2.85. The third kappa shape index (κ3) is 4.17. The van der Waals surface area contributed by atoms with Gasteiger partial charge in [-0.1, -0.05) is 29.8 Å². The van der Waals surface area contributed by atoms with Crippen LogP contribution in [-0.4, -0.2) is 47.6 Å². The number of fused-ring (bicyclic) bond motifs is 1. The third-order valence-electron chi connectivity index (χ3n) is 5.03. The summed E-state index contributed by atoms with van der Waals surface area (Å²) in [5, 5.41) is 16.9.